The number of urea groups is 1. The van der Waals surface area contributed by atoms with E-state index in [2.05, 4.69) is 5.43 Å². The number of halogens is 2. The van der Waals surface area contributed by atoms with Crippen LogP contribution in [-0.2, 0) is 14.8 Å². The van der Waals surface area contributed by atoms with Gasteiger partial charge in [0.25, 0.3) is 0 Å². The largest absolute Gasteiger partial charge is 0.377 e. The molecule has 0 unspecified atom stereocenters. The van der Waals surface area contributed by atoms with Gasteiger partial charge in [-0.25, -0.2) is 22.0 Å². The van der Waals surface area contributed by atoms with Gasteiger partial charge in [0, 0.05) is 25.7 Å². The van der Waals surface area contributed by atoms with E-state index in [9.17, 15) is 22.0 Å². The van der Waals surface area contributed by atoms with Crippen LogP contribution in [-0.4, -0.2) is 61.9 Å². The van der Waals surface area contributed by atoms with Gasteiger partial charge < -0.3 is 9.64 Å². The zero-order valence-corrected chi connectivity index (χ0v) is 19.4. The summed E-state index contributed by atoms with van der Waals surface area (Å²) in [7, 11) is -3.71. The van der Waals surface area contributed by atoms with Crippen LogP contribution in [0.2, 0.25) is 0 Å². The molecule has 32 heavy (non-hydrogen) atoms. The van der Waals surface area contributed by atoms with Crippen molar-refractivity contribution in [3.63, 3.8) is 0 Å². The summed E-state index contributed by atoms with van der Waals surface area (Å²) in [6, 6.07) is 3.30. The summed E-state index contributed by atoms with van der Waals surface area (Å²) in [6.07, 6.45) is 5.61. The van der Waals surface area contributed by atoms with Gasteiger partial charge in [-0.05, 0) is 69.4 Å². The fourth-order valence-electron chi connectivity index (χ4n) is 4.42. The lowest BCUT2D eigenvalue weighted by atomic mass is 9.82. The van der Waals surface area contributed by atoms with E-state index in [4.69, 9.17) is 4.74 Å². The van der Waals surface area contributed by atoms with E-state index >= 15 is 0 Å². The third kappa shape index (κ3) is 6.62. The highest BCUT2D eigenvalue weighted by Crippen LogP contribution is 2.35. The maximum Gasteiger partial charge on any atom is 0.332 e. The molecule has 1 N–H and O–H groups in total. The molecule has 1 aromatic carbocycles. The number of sulfonamides is 1. The Bertz CT molecular complexity index is 870. The molecule has 10 heteroatoms. The SMILES string of the molecule is CCN(NC(=O)N1CCCCC1)S(=O)(=O)CCOC1CCC(c2ccc(F)cc2F)CC1. The number of carbonyl (C=O) groups excluding carboxylic acids is 1. The van der Waals surface area contributed by atoms with Crippen molar-refractivity contribution in [3.8, 4) is 0 Å². The van der Waals surface area contributed by atoms with E-state index in [1.807, 2.05) is 0 Å². The van der Waals surface area contributed by atoms with Crippen LogP contribution in [0.3, 0.4) is 0 Å². The summed E-state index contributed by atoms with van der Waals surface area (Å²) in [5, 5.41) is 0. The number of rotatable bonds is 8. The van der Waals surface area contributed by atoms with E-state index in [0.29, 0.717) is 44.3 Å². The first kappa shape index (κ1) is 24.9. The van der Waals surface area contributed by atoms with E-state index < -0.39 is 21.7 Å². The molecule has 0 spiro atoms. The minimum atomic E-state index is -3.71. The van der Waals surface area contributed by atoms with E-state index in [1.165, 1.54) is 12.1 Å². The first-order valence-corrected chi connectivity index (χ1v) is 13.0. The third-order valence-corrected chi connectivity index (χ3v) is 7.96. The molecule has 0 aromatic heterocycles. The van der Waals surface area contributed by atoms with Gasteiger partial charge in [-0.2, -0.15) is 0 Å². The molecule has 0 radical (unpaired) electrons. The van der Waals surface area contributed by atoms with Gasteiger partial charge >= 0.3 is 6.03 Å². The van der Waals surface area contributed by atoms with Gasteiger partial charge in [-0.1, -0.05) is 6.07 Å². The Kier molecular flexibility index (Phi) is 8.84. The molecule has 1 aliphatic carbocycles. The quantitative estimate of drug-likeness (QED) is 0.583. The number of hydrogen-bond acceptors (Lipinski definition) is 4. The lowest BCUT2D eigenvalue weighted by Gasteiger charge is -2.30. The number of carbonyl (C=O) groups is 1. The predicted molar refractivity (Wildman–Crippen MR) is 117 cm³/mol. The smallest absolute Gasteiger partial charge is 0.332 e. The highest BCUT2D eigenvalue weighted by atomic mass is 32.2. The van der Waals surface area contributed by atoms with Gasteiger partial charge in [0.2, 0.25) is 10.0 Å². The van der Waals surface area contributed by atoms with Crippen molar-refractivity contribution in [1.29, 1.82) is 0 Å². The Morgan fingerprint density at radius 3 is 2.47 bits per heavy atom. The highest BCUT2D eigenvalue weighted by Gasteiger charge is 2.28. The molecule has 180 valence electrons. The van der Waals surface area contributed by atoms with Crippen molar-refractivity contribution in [2.75, 3.05) is 32.0 Å². The van der Waals surface area contributed by atoms with Crippen molar-refractivity contribution in [2.24, 2.45) is 0 Å². The summed E-state index contributed by atoms with van der Waals surface area (Å²) < 4.78 is 59.2. The molecule has 1 saturated heterocycles. The number of benzene rings is 1. The number of piperidine rings is 1. The summed E-state index contributed by atoms with van der Waals surface area (Å²) in [6.45, 7) is 3.10. The molecule has 2 aliphatic rings. The zero-order chi connectivity index (χ0) is 23.1. The van der Waals surface area contributed by atoms with Crippen LogP contribution in [0.25, 0.3) is 0 Å². The number of nitrogens with zero attached hydrogens (tertiary/aromatic N) is 2. The Morgan fingerprint density at radius 2 is 1.84 bits per heavy atom. The fourth-order valence-corrected chi connectivity index (χ4v) is 5.56. The molecule has 0 atom stereocenters. The Hall–Kier alpha value is -1.78. The Labute approximate surface area is 189 Å². The van der Waals surface area contributed by atoms with Gasteiger partial charge in [0.05, 0.1) is 18.5 Å². The standard InChI is InChI=1S/C22H33F2N3O4S/c1-2-27(25-22(28)26-12-4-3-5-13-26)32(29,30)15-14-31-19-9-6-17(7-10-19)20-11-8-18(23)16-21(20)24/h8,11,16-17,19H,2-7,9-10,12-15H2,1H3,(H,25,28). The molecule has 2 fully saturated rings. The number of hydrazine groups is 1. The minimum absolute atomic E-state index is 0.0137. The maximum absolute atomic E-state index is 14.0. The average molecular weight is 474 g/mol. The van der Waals surface area contributed by atoms with Crippen LogP contribution < -0.4 is 5.43 Å². The van der Waals surface area contributed by atoms with E-state index in [-0.39, 0.29) is 37.0 Å². The first-order chi connectivity index (χ1) is 15.3. The average Bonchev–Trinajstić information content (AvgIpc) is 2.78. The molecule has 1 aromatic rings. The van der Waals surface area contributed by atoms with Crippen molar-refractivity contribution in [1.82, 2.24) is 14.7 Å². The van der Waals surface area contributed by atoms with Crippen molar-refractivity contribution >= 4 is 16.1 Å². The lowest BCUT2D eigenvalue weighted by Crippen LogP contribution is -2.53. The van der Waals surface area contributed by atoms with Crippen molar-refractivity contribution in [3.05, 3.63) is 35.4 Å². The molecule has 1 aliphatic heterocycles. The van der Waals surface area contributed by atoms with Crippen LogP contribution in [0.5, 0.6) is 0 Å². The third-order valence-electron chi connectivity index (χ3n) is 6.26. The van der Waals surface area contributed by atoms with Crippen LogP contribution in [0.1, 0.15) is 63.4 Å². The molecule has 1 heterocycles. The summed E-state index contributed by atoms with van der Waals surface area (Å²) in [5.41, 5.74) is 3.04. The lowest BCUT2D eigenvalue weighted by molar-refractivity contribution is 0.0331. The second-order valence-corrected chi connectivity index (χ2v) is 10.5. The second kappa shape index (κ2) is 11.4. The minimum Gasteiger partial charge on any atom is -0.377 e. The van der Waals surface area contributed by atoms with Gasteiger partial charge in [0.15, 0.2) is 0 Å². The molecular weight excluding hydrogens is 440 g/mol. The maximum atomic E-state index is 14.0. The summed E-state index contributed by atoms with van der Waals surface area (Å²) in [4.78, 5) is 14.0. The molecule has 1 saturated carbocycles. The number of amides is 2. The molecular formula is C22H33F2N3O4S. The molecule has 7 nitrogen and oxygen atoms in total. The summed E-state index contributed by atoms with van der Waals surface area (Å²) >= 11 is 0. The van der Waals surface area contributed by atoms with Crippen LogP contribution in [0.15, 0.2) is 18.2 Å². The predicted octanol–water partition coefficient (Wildman–Crippen LogP) is 3.77. The zero-order valence-electron chi connectivity index (χ0n) is 18.6. The van der Waals surface area contributed by atoms with Gasteiger partial charge in [0.1, 0.15) is 11.6 Å². The normalized spacial score (nSPS) is 22.2. The monoisotopic (exact) mass is 473 g/mol. The first-order valence-electron chi connectivity index (χ1n) is 11.4. The number of hydrogen-bond donors (Lipinski definition) is 1. The number of nitrogens with one attached hydrogen (secondary N) is 1. The van der Waals surface area contributed by atoms with Gasteiger partial charge in [-0.15, -0.1) is 4.41 Å². The topological polar surface area (TPSA) is 79.0 Å². The van der Waals surface area contributed by atoms with Crippen molar-refractivity contribution in [2.45, 2.75) is 63.9 Å². The fraction of sp³-hybridized carbons (Fsp3) is 0.682. The van der Waals surface area contributed by atoms with E-state index in [0.717, 1.165) is 29.7 Å². The Balaban J connectivity index is 1.43. The number of ether oxygens (including phenoxy) is 1. The summed E-state index contributed by atoms with van der Waals surface area (Å²) in [5.74, 6) is -1.32. The molecule has 2 amide bonds. The van der Waals surface area contributed by atoms with Crippen LogP contribution in [0.4, 0.5) is 13.6 Å². The molecule has 0 bridgehead atoms. The molecule has 3 rings (SSSR count). The van der Waals surface area contributed by atoms with Gasteiger partial charge in [-0.3, -0.25) is 5.43 Å². The van der Waals surface area contributed by atoms with Crippen LogP contribution in [0, 0.1) is 11.6 Å². The second-order valence-electron chi connectivity index (χ2n) is 8.46. The Morgan fingerprint density at radius 1 is 1.16 bits per heavy atom. The van der Waals surface area contributed by atoms with Crippen LogP contribution >= 0.6 is 0 Å². The van der Waals surface area contributed by atoms with Crippen molar-refractivity contribution < 1.29 is 26.7 Å². The number of likely N-dealkylation sites (tertiary alicyclic amines) is 1. The highest BCUT2D eigenvalue weighted by molar-refractivity contribution is 7.89. The van der Waals surface area contributed by atoms with E-state index in [1.54, 1.807) is 11.8 Å².